The molecular weight excluding hydrogens is 468 g/mol. The van der Waals surface area contributed by atoms with Crippen LogP contribution >= 0.6 is 11.3 Å². The monoisotopic (exact) mass is 490 g/mol. The number of carbonyl (C=O) groups is 1. The Morgan fingerprint density at radius 1 is 1.20 bits per heavy atom. The van der Waals surface area contributed by atoms with Gasteiger partial charge < -0.3 is 18.9 Å². The first-order valence-electron chi connectivity index (χ1n) is 10.6. The third-order valence-corrected chi connectivity index (χ3v) is 6.40. The Hall–Kier alpha value is -4.29. The van der Waals surface area contributed by atoms with Crippen LogP contribution in [0.4, 0.5) is 0 Å². The molecule has 0 saturated carbocycles. The molecule has 0 atom stereocenters. The van der Waals surface area contributed by atoms with E-state index in [1.54, 1.807) is 48.6 Å². The average Bonchev–Trinajstić information content (AvgIpc) is 3.18. The molecule has 1 aliphatic rings. The van der Waals surface area contributed by atoms with Crippen molar-refractivity contribution in [3.8, 4) is 29.1 Å². The molecule has 0 radical (unpaired) electrons. The SMILES string of the molecule is C=CCn1c(=C(C#N)C(=O)c2ccc(OC)cc2)sc(=Cc2cc(OC)c3c(c2)OCCO3)c1=O. The van der Waals surface area contributed by atoms with Crippen LogP contribution in [0, 0.1) is 11.3 Å². The van der Waals surface area contributed by atoms with Gasteiger partial charge in [-0.2, -0.15) is 5.26 Å². The molecule has 2 heterocycles. The molecule has 2 aromatic carbocycles. The van der Waals surface area contributed by atoms with Gasteiger partial charge in [0, 0.05) is 12.1 Å². The number of nitrogens with zero attached hydrogens (tertiary/aromatic N) is 2. The topological polar surface area (TPSA) is 99.8 Å². The predicted molar refractivity (Wildman–Crippen MR) is 132 cm³/mol. The van der Waals surface area contributed by atoms with Crippen molar-refractivity contribution in [1.29, 1.82) is 5.26 Å². The highest BCUT2D eigenvalue weighted by atomic mass is 32.1. The lowest BCUT2D eigenvalue weighted by molar-refractivity contribution is 0.105. The summed E-state index contributed by atoms with van der Waals surface area (Å²) in [6, 6.07) is 11.9. The highest BCUT2D eigenvalue weighted by Crippen LogP contribution is 2.40. The molecule has 1 aromatic heterocycles. The lowest BCUT2D eigenvalue weighted by Gasteiger charge is -2.20. The van der Waals surface area contributed by atoms with Crippen LogP contribution in [0.1, 0.15) is 15.9 Å². The van der Waals surface area contributed by atoms with E-state index in [0.717, 1.165) is 11.3 Å². The van der Waals surface area contributed by atoms with E-state index in [1.807, 2.05) is 6.07 Å². The second-order valence-electron chi connectivity index (χ2n) is 7.41. The van der Waals surface area contributed by atoms with Gasteiger partial charge in [0.1, 0.15) is 35.3 Å². The number of rotatable bonds is 7. The zero-order valence-corrected chi connectivity index (χ0v) is 20.0. The van der Waals surface area contributed by atoms with Crippen LogP contribution in [0.3, 0.4) is 0 Å². The molecule has 0 saturated heterocycles. The fourth-order valence-corrected chi connectivity index (χ4v) is 4.72. The first-order valence-corrected chi connectivity index (χ1v) is 11.5. The number of aromatic nitrogens is 1. The number of thiazole rings is 1. The Bertz CT molecular complexity index is 1490. The summed E-state index contributed by atoms with van der Waals surface area (Å²) in [7, 11) is 3.05. The summed E-state index contributed by atoms with van der Waals surface area (Å²) >= 11 is 1.06. The van der Waals surface area contributed by atoms with Crippen molar-refractivity contribution >= 4 is 28.8 Å². The van der Waals surface area contributed by atoms with Crippen LogP contribution in [-0.2, 0) is 6.54 Å². The van der Waals surface area contributed by atoms with Gasteiger partial charge in [-0.1, -0.05) is 6.08 Å². The molecule has 9 heteroatoms. The lowest BCUT2D eigenvalue weighted by atomic mass is 10.1. The molecule has 4 rings (SSSR count). The maximum atomic E-state index is 13.2. The molecule has 0 amide bonds. The average molecular weight is 491 g/mol. The molecule has 35 heavy (non-hydrogen) atoms. The number of nitriles is 1. The standard InChI is InChI=1S/C26H22N2O6S/c1-4-9-28-25(30)22(14-16-12-20(32-3)24-21(13-16)33-10-11-34-24)35-26(28)19(15-27)23(29)17-5-7-18(31-2)8-6-17/h4-8,12-14H,1,9-11H2,2-3H3. The molecule has 0 fully saturated rings. The van der Waals surface area contributed by atoms with Crippen LogP contribution in [-0.4, -0.2) is 37.8 Å². The van der Waals surface area contributed by atoms with Crippen molar-refractivity contribution in [2.75, 3.05) is 27.4 Å². The zero-order chi connectivity index (χ0) is 24.9. The Kier molecular flexibility index (Phi) is 7.03. The van der Waals surface area contributed by atoms with Crippen molar-refractivity contribution in [3.63, 3.8) is 0 Å². The van der Waals surface area contributed by atoms with Gasteiger partial charge >= 0.3 is 0 Å². The zero-order valence-electron chi connectivity index (χ0n) is 19.2. The highest BCUT2D eigenvalue weighted by Gasteiger charge is 2.20. The van der Waals surface area contributed by atoms with Gasteiger partial charge in [0.25, 0.3) is 5.56 Å². The van der Waals surface area contributed by atoms with Crippen LogP contribution in [0.25, 0.3) is 11.6 Å². The van der Waals surface area contributed by atoms with Gasteiger partial charge in [0.05, 0.1) is 18.8 Å². The van der Waals surface area contributed by atoms with Gasteiger partial charge in [0.15, 0.2) is 11.5 Å². The van der Waals surface area contributed by atoms with E-state index < -0.39 is 5.78 Å². The van der Waals surface area contributed by atoms with E-state index in [2.05, 4.69) is 6.58 Å². The molecule has 0 N–H and O–H groups in total. The molecule has 0 unspecified atom stereocenters. The normalized spacial score (nSPS) is 13.6. The van der Waals surface area contributed by atoms with Crippen molar-refractivity contribution in [3.05, 3.63) is 79.7 Å². The second kappa shape index (κ2) is 10.3. The van der Waals surface area contributed by atoms with Crippen LogP contribution in [0.15, 0.2) is 53.8 Å². The number of hydrogen-bond donors (Lipinski definition) is 0. The second-order valence-corrected chi connectivity index (χ2v) is 8.44. The Morgan fingerprint density at radius 3 is 2.60 bits per heavy atom. The van der Waals surface area contributed by atoms with Crippen LogP contribution in [0.2, 0.25) is 0 Å². The third-order valence-electron chi connectivity index (χ3n) is 5.27. The molecule has 0 aliphatic carbocycles. The van der Waals surface area contributed by atoms with Gasteiger partial charge in [-0.3, -0.25) is 14.2 Å². The van der Waals surface area contributed by atoms with E-state index in [0.29, 0.717) is 51.9 Å². The summed E-state index contributed by atoms with van der Waals surface area (Å²) in [5, 5.41) is 9.87. The van der Waals surface area contributed by atoms with Crippen LogP contribution < -0.4 is 33.7 Å². The Balaban J connectivity index is 1.90. The molecular formula is C26H22N2O6S. The summed E-state index contributed by atoms with van der Waals surface area (Å²) in [6.45, 7) is 4.67. The molecule has 8 nitrogen and oxygen atoms in total. The fraction of sp³-hybridized carbons (Fsp3) is 0.192. The van der Waals surface area contributed by atoms with E-state index in [-0.39, 0.29) is 22.3 Å². The number of carbonyl (C=O) groups excluding carboxylic acids is 1. The van der Waals surface area contributed by atoms with Gasteiger partial charge in [-0.25, -0.2) is 0 Å². The minimum atomic E-state index is -0.484. The maximum Gasteiger partial charge on any atom is 0.269 e. The lowest BCUT2D eigenvalue weighted by Crippen LogP contribution is -2.32. The number of allylic oxidation sites excluding steroid dienone is 1. The van der Waals surface area contributed by atoms with Crippen molar-refractivity contribution in [2.24, 2.45) is 0 Å². The first kappa shape index (κ1) is 23.9. The Labute approximate surface area is 205 Å². The largest absolute Gasteiger partial charge is 0.497 e. The minimum absolute atomic E-state index is 0.126. The summed E-state index contributed by atoms with van der Waals surface area (Å²) in [5.74, 6) is 1.62. The van der Waals surface area contributed by atoms with Crippen LogP contribution in [0.5, 0.6) is 23.0 Å². The minimum Gasteiger partial charge on any atom is -0.497 e. The van der Waals surface area contributed by atoms with Gasteiger partial charge in [-0.05, 0) is 48.0 Å². The van der Waals surface area contributed by atoms with Crippen molar-refractivity contribution in [1.82, 2.24) is 4.57 Å². The highest BCUT2D eigenvalue weighted by molar-refractivity contribution is 7.07. The molecule has 0 bridgehead atoms. The maximum absolute atomic E-state index is 13.2. The number of Topliss-reactive ketones (excluding diaryl/α,β-unsaturated/α-hetero) is 1. The third kappa shape index (κ3) is 4.69. The number of fused-ring (bicyclic) bond motifs is 1. The molecule has 1 aliphatic heterocycles. The molecule has 3 aromatic rings. The number of benzene rings is 2. The fourth-order valence-electron chi connectivity index (χ4n) is 3.61. The number of ketones is 1. The van der Waals surface area contributed by atoms with E-state index in [9.17, 15) is 14.9 Å². The number of methoxy groups -OCH3 is 2. The van der Waals surface area contributed by atoms with Gasteiger partial charge in [0.2, 0.25) is 11.5 Å². The summed E-state index contributed by atoms with van der Waals surface area (Å²) in [6.07, 6.45) is 3.21. The van der Waals surface area contributed by atoms with E-state index in [1.165, 1.54) is 18.8 Å². The van der Waals surface area contributed by atoms with Gasteiger partial charge in [-0.15, -0.1) is 17.9 Å². The van der Waals surface area contributed by atoms with Crippen molar-refractivity contribution in [2.45, 2.75) is 6.54 Å². The number of hydrogen-bond acceptors (Lipinski definition) is 8. The molecule has 178 valence electrons. The smallest absolute Gasteiger partial charge is 0.269 e. The first-order chi connectivity index (χ1) is 17.0. The quantitative estimate of drug-likeness (QED) is 0.370. The summed E-state index contributed by atoms with van der Waals surface area (Å²) in [5.41, 5.74) is 0.504. The number of ether oxygens (including phenoxy) is 4. The van der Waals surface area contributed by atoms with Crippen molar-refractivity contribution < 1.29 is 23.7 Å². The predicted octanol–water partition coefficient (Wildman–Crippen LogP) is 2.27. The molecule has 0 spiro atoms. The summed E-state index contributed by atoms with van der Waals surface area (Å²) in [4.78, 5) is 26.4. The Morgan fingerprint density at radius 2 is 1.94 bits per heavy atom. The van der Waals surface area contributed by atoms with E-state index >= 15 is 0 Å². The van der Waals surface area contributed by atoms with E-state index in [4.69, 9.17) is 18.9 Å². The summed E-state index contributed by atoms with van der Waals surface area (Å²) < 4.78 is 23.8.